The molecule has 1 atom stereocenters. The van der Waals surface area contributed by atoms with Crippen molar-refractivity contribution in [3.8, 4) is 11.5 Å². The van der Waals surface area contributed by atoms with Crippen LogP contribution in [0, 0.1) is 13.8 Å². The summed E-state index contributed by atoms with van der Waals surface area (Å²) in [6, 6.07) is 15.4. The molecule has 7 nitrogen and oxygen atoms in total. The van der Waals surface area contributed by atoms with Crippen molar-refractivity contribution < 1.29 is 19.1 Å². The van der Waals surface area contributed by atoms with E-state index in [-0.39, 0.29) is 18.4 Å². The smallest absolute Gasteiger partial charge is 0.267 e. The Bertz CT molecular complexity index is 1220. The van der Waals surface area contributed by atoms with Crippen LogP contribution in [-0.4, -0.2) is 65.5 Å². The maximum Gasteiger partial charge on any atom is 0.267 e. The van der Waals surface area contributed by atoms with Gasteiger partial charge in [-0.25, -0.2) is 0 Å². The highest BCUT2D eigenvalue weighted by molar-refractivity contribution is 5.87. The predicted molar refractivity (Wildman–Crippen MR) is 124 cm³/mol. The summed E-state index contributed by atoms with van der Waals surface area (Å²) >= 11 is 0. The molecule has 1 fully saturated rings. The summed E-state index contributed by atoms with van der Waals surface area (Å²) in [5.74, 6) is 1.22. The molecule has 7 heteroatoms. The van der Waals surface area contributed by atoms with Crippen LogP contribution in [-0.2, 0) is 16.0 Å². The Hall–Kier alpha value is -3.61. The van der Waals surface area contributed by atoms with Crippen LogP contribution in [0.4, 0.5) is 0 Å². The lowest BCUT2D eigenvalue weighted by molar-refractivity contribution is -0.146. The second-order valence-corrected chi connectivity index (χ2v) is 8.56. The predicted octanol–water partition coefficient (Wildman–Crippen LogP) is 2.90. The van der Waals surface area contributed by atoms with Crippen LogP contribution in [0.5, 0.6) is 11.5 Å². The van der Waals surface area contributed by atoms with Gasteiger partial charge in [-0.3, -0.25) is 14.6 Å². The summed E-state index contributed by atoms with van der Waals surface area (Å²) in [5, 5.41) is 1.08. The van der Waals surface area contributed by atoms with Crippen molar-refractivity contribution in [2.45, 2.75) is 26.4 Å². The van der Waals surface area contributed by atoms with Crippen molar-refractivity contribution in [1.82, 2.24) is 14.8 Å². The standard InChI is InChI=1S/C26H27N3O4/c1-17-19-7-3-4-8-21(19)27-18(2)20(17)15-25(30)28-11-13-29(14-12-28)26(31)24-16-32-22-9-5-6-10-23(22)33-24/h3-10,24H,11-16H2,1-2H3/t24-/m0/s1. The number of pyridine rings is 1. The molecule has 2 amide bonds. The van der Waals surface area contributed by atoms with E-state index < -0.39 is 6.10 Å². The van der Waals surface area contributed by atoms with Gasteiger partial charge in [0, 0.05) is 37.3 Å². The normalized spacial score (nSPS) is 17.8. The van der Waals surface area contributed by atoms with Crippen LogP contribution in [0.3, 0.4) is 0 Å². The molecule has 2 aliphatic heterocycles. The molecule has 0 bridgehead atoms. The van der Waals surface area contributed by atoms with Crippen LogP contribution in [0.25, 0.3) is 10.9 Å². The van der Waals surface area contributed by atoms with Gasteiger partial charge in [0.25, 0.3) is 5.91 Å². The van der Waals surface area contributed by atoms with Crippen LogP contribution >= 0.6 is 0 Å². The van der Waals surface area contributed by atoms with E-state index in [1.807, 2.05) is 54.3 Å². The lowest BCUT2D eigenvalue weighted by Gasteiger charge is -2.37. The number of para-hydroxylation sites is 3. The largest absolute Gasteiger partial charge is 0.485 e. The third-order valence-electron chi connectivity index (χ3n) is 6.54. The van der Waals surface area contributed by atoms with E-state index in [9.17, 15) is 9.59 Å². The summed E-state index contributed by atoms with van der Waals surface area (Å²) < 4.78 is 11.5. The SMILES string of the molecule is Cc1nc2ccccc2c(C)c1CC(=O)N1CCN(C(=O)[C@@H]2COc3ccccc3O2)CC1. The fourth-order valence-electron chi connectivity index (χ4n) is 4.61. The molecule has 5 rings (SSSR count). The Balaban J connectivity index is 1.21. The summed E-state index contributed by atoms with van der Waals surface area (Å²) in [4.78, 5) is 34.3. The molecule has 0 saturated carbocycles. The number of hydrogen-bond donors (Lipinski definition) is 0. The Labute approximate surface area is 192 Å². The van der Waals surface area contributed by atoms with Crippen molar-refractivity contribution in [3.63, 3.8) is 0 Å². The minimum atomic E-state index is -0.656. The van der Waals surface area contributed by atoms with E-state index >= 15 is 0 Å². The molecule has 0 radical (unpaired) electrons. The van der Waals surface area contributed by atoms with Crippen LogP contribution < -0.4 is 9.47 Å². The van der Waals surface area contributed by atoms with Gasteiger partial charge in [-0.2, -0.15) is 0 Å². The Kier molecular flexibility index (Phi) is 5.62. The summed E-state index contributed by atoms with van der Waals surface area (Å²) in [5.41, 5.74) is 3.94. The average molecular weight is 446 g/mol. The van der Waals surface area contributed by atoms with Gasteiger partial charge in [0.1, 0.15) is 6.61 Å². The fraction of sp³-hybridized carbons (Fsp3) is 0.346. The number of piperazine rings is 1. The molecule has 33 heavy (non-hydrogen) atoms. The zero-order valence-corrected chi connectivity index (χ0v) is 18.9. The highest BCUT2D eigenvalue weighted by Gasteiger charge is 2.33. The summed E-state index contributed by atoms with van der Waals surface area (Å²) in [7, 11) is 0. The number of amides is 2. The topological polar surface area (TPSA) is 72.0 Å². The number of hydrogen-bond acceptors (Lipinski definition) is 5. The first-order valence-electron chi connectivity index (χ1n) is 11.3. The van der Waals surface area contributed by atoms with Crippen molar-refractivity contribution in [2.24, 2.45) is 0 Å². The average Bonchev–Trinajstić information content (AvgIpc) is 2.85. The summed E-state index contributed by atoms with van der Waals surface area (Å²) in [6.07, 6.45) is -0.337. The first-order chi connectivity index (χ1) is 16.0. The van der Waals surface area contributed by atoms with Crippen molar-refractivity contribution >= 4 is 22.7 Å². The van der Waals surface area contributed by atoms with E-state index in [0.717, 1.165) is 27.7 Å². The number of carbonyl (C=O) groups excluding carboxylic acids is 2. The van der Waals surface area contributed by atoms with Gasteiger partial charge in [-0.1, -0.05) is 30.3 Å². The number of fused-ring (bicyclic) bond motifs is 2. The molecular weight excluding hydrogens is 418 g/mol. The third-order valence-corrected chi connectivity index (χ3v) is 6.54. The first kappa shape index (κ1) is 21.2. The zero-order valence-electron chi connectivity index (χ0n) is 18.9. The second kappa shape index (κ2) is 8.73. The van der Waals surface area contributed by atoms with Crippen LogP contribution in [0.15, 0.2) is 48.5 Å². The van der Waals surface area contributed by atoms with Crippen molar-refractivity contribution in [3.05, 3.63) is 65.4 Å². The van der Waals surface area contributed by atoms with Crippen LogP contribution in [0.2, 0.25) is 0 Å². The molecule has 0 unspecified atom stereocenters. The monoisotopic (exact) mass is 445 g/mol. The molecule has 3 heterocycles. The maximum atomic E-state index is 13.1. The molecule has 0 aliphatic carbocycles. The number of benzene rings is 2. The van der Waals surface area contributed by atoms with Crippen molar-refractivity contribution in [2.75, 3.05) is 32.8 Å². The van der Waals surface area contributed by atoms with Gasteiger partial charge >= 0.3 is 0 Å². The minimum Gasteiger partial charge on any atom is -0.485 e. The van der Waals surface area contributed by atoms with Gasteiger partial charge in [0.2, 0.25) is 12.0 Å². The van der Waals surface area contributed by atoms with Gasteiger partial charge < -0.3 is 19.3 Å². The zero-order chi connectivity index (χ0) is 22.9. The quantitative estimate of drug-likeness (QED) is 0.620. The van der Waals surface area contributed by atoms with Crippen molar-refractivity contribution in [1.29, 1.82) is 0 Å². The number of aryl methyl sites for hydroxylation is 2. The fourth-order valence-corrected chi connectivity index (χ4v) is 4.61. The molecule has 2 aromatic carbocycles. The molecule has 0 N–H and O–H groups in total. The van der Waals surface area contributed by atoms with Gasteiger partial charge in [0.15, 0.2) is 11.5 Å². The maximum absolute atomic E-state index is 13.1. The molecule has 1 aromatic heterocycles. The number of ether oxygens (including phenoxy) is 2. The second-order valence-electron chi connectivity index (χ2n) is 8.56. The van der Waals surface area contributed by atoms with E-state index in [1.165, 1.54) is 0 Å². The van der Waals surface area contributed by atoms with E-state index in [0.29, 0.717) is 44.1 Å². The Morgan fingerprint density at radius 2 is 1.61 bits per heavy atom. The highest BCUT2D eigenvalue weighted by Crippen LogP contribution is 2.31. The highest BCUT2D eigenvalue weighted by atomic mass is 16.6. The molecular formula is C26H27N3O4. The first-order valence-corrected chi connectivity index (χ1v) is 11.3. The lowest BCUT2D eigenvalue weighted by atomic mass is 9.99. The van der Waals surface area contributed by atoms with Gasteiger partial charge in [0.05, 0.1) is 11.9 Å². The summed E-state index contributed by atoms with van der Waals surface area (Å²) in [6.45, 7) is 6.20. The number of rotatable bonds is 3. The number of nitrogens with zero attached hydrogens (tertiary/aromatic N) is 3. The van der Waals surface area contributed by atoms with Crippen LogP contribution in [0.1, 0.15) is 16.8 Å². The van der Waals surface area contributed by atoms with E-state index in [1.54, 1.807) is 11.0 Å². The third kappa shape index (κ3) is 4.11. The van der Waals surface area contributed by atoms with E-state index in [4.69, 9.17) is 9.47 Å². The number of carbonyl (C=O) groups is 2. The molecule has 2 aliphatic rings. The van der Waals surface area contributed by atoms with Gasteiger partial charge in [-0.05, 0) is 43.2 Å². The number of aromatic nitrogens is 1. The Morgan fingerprint density at radius 1 is 0.939 bits per heavy atom. The molecule has 3 aromatic rings. The molecule has 170 valence electrons. The molecule has 1 saturated heterocycles. The lowest BCUT2D eigenvalue weighted by Crippen LogP contribution is -2.55. The minimum absolute atomic E-state index is 0.0663. The molecule has 0 spiro atoms. The van der Waals surface area contributed by atoms with E-state index in [2.05, 4.69) is 11.9 Å². The van der Waals surface area contributed by atoms with Gasteiger partial charge in [-0.15, -0.1) is 0 Å². The Morgan fingerprint density at radius 3 is 2.39 bits per heavy atom.